The number of H-pyrrole nitrogens is 2. The summed E-state index contributed by atoms with van der Waals surface area (Å²) in [7, 11) is 1.61. The number of fused-ring (bicyclic) bond motifs is 1. The number of aromatic nitrogens is 5. The summed E-state index contributed by atoms with van der Waals surface area (Å²) in [6.07, 6.45) is 0. The molecular weight excluding hydrogens is 306 g/mol. The Balaban J connectivity index is 1.75. The van der Waals surface area contributed by atoms with Crippen molar-refractivity contribution in [2.24, 2.45) is 0 Å². The normalized spacial score (nSPS) is 10.9. The van der Waals surface area contributed by atoms with Crippen molar-refractivity contribution in [3.05, 3.63) is 58.9 Å². The zero-order valence-corrected chi connectivity index (χ0v) is 12.8. The van der Waals surface area contributed by atoms with E-state index in [1.165, 1.54) is 0 Å². The Morgan fingerprint density at radius 1 is 0.958 bits per heavy atom. The van der Waals surface area contributed by atoms with E-state index in [0.717, 1.165) is 11.3 Å². The molecule has 0 bridgehead atoms. The summed E-state index contributed by atoms with van der Waals surface area (Å²) in [5.74, 6) is 2.04. The second-order valence-electron chi connectivity index (χ2n) is 5.17. The minimum atomic E-state index is -0.210. The van der Waals surface area contributed by atoms with E-state index in [2.05, 4.69) is 25.1 Å². The summed E-state index contributed by atoms with van der Waals surface area (Å²) in [6.45, 7) is 0. The van der Waals surface area contributed by atoms with E-state index >= 15 is 0 Å². The lowest BCUT2D eigenvalue weighted by Gasteiger charge is -2.00. The highest BCUT2D eigenvalue weighted by molar-refractivity contribution is 5.78. The van der Waals surface area contributed by atoms with E-state index in [-0.39, 0.29) is 5.56 Å². The summed E-state index contributed by atoms with van der Waals surface area (Å²) >= 11 is 0. The molecular formula is C17H13N5O2. The summed E-state index contributed by atoms with van der Waals surface area (Å²) in [5.41, 5.74) is 1.23. The molecule has 118 valence electrons. The number of hydrogen-bond donors (Lipinski definition) is 2. The first-order valence-electron chi connectivity index (χ1n) is 7.31. The van der Waals surface area contributed by atoms with Gasteiger partial charge in [-0.05, 0) is 36.4 Å². The minimum absolute atomic E-state index is 0.210. The second kappa shape index (κ2) is 5.62. The molecule has 0 unspecified atom stereocenters. The maximum atomic E-state index is 12.1. The summed E-state index contributed by atoms with van der Waals surface area (Å²) in [6, 6.07) is 14.5. The van der Waals surface area contributed by atoms with Crippen LogP contribution in [0.3, 0.4) is 0 Å². The van der Waals surface area contributed by atoms with Gasteiger partial charge in [0.25, 0.3) is 5.56 Å². The van der Waals surface area contributed by atoms with E-state index in [1.807, 2.05) is 30.3 Å². The van der Waals surface area contributed by atoms with Crippen molar-refractivity contribution in [2.75, 3.05) is 7.11 Å². The van der Waals surface area contributed by atoms with Gasteiger partial charge in [-0.25, -0.2) is 9.97 Å². The van der Waals surface area contributed by atoms with Crippen molar-refractivity contribution in [3.8, 4) is 28.8 Å². The first kappa shape index (κ1) is 14.1. The van der Waals surface area contributed by atoms with E-state index in [0.29, 0.717) is 28.4 Å². The molecule has 0 atom stereocenters. The van der Waals surface area contributed by atoms with Crippen molar-refractivity contribution in [3.63, 3.8) is 0 Å². The standard InChI is InChI=1S/C17H13N5O2/c1-24-11-8-6-10(7-9-11)14-19-16(22-21-14)15-18-13-5-3-2-4-12(13)17(23)20-15/h2-9H,1H3,(H,18,20,23)(H,19,21,22). The fourth-order valence-corrected chi connectivity index (χ4v) is 2.44. The second-order valence-corrected chi connectivity index (χ2v) is 5.17. The largest absolute Gasteiger partial charge is 0.497 e. The number of methoxy groups -OCH3 is 1. The average Bonchev–Trinajstić information content (AvgIpc) is 3.12. The zero-order chi connectivity index (χ0) is 16.5. The number of para-hydroxylation sites is 1. The Bertz CT molecular complexity index is 1070. The van der Waals surface area contributed by atoms with Crippen LogP contribution in [0.15, 0.2) is 53.3 Å². The van der Waals surface area contributed by atoms with Crippen LogP contribution in [0.1, 0.15) is 0 Å². The van der Waals surface area contributed by atoms with Crippen LogP contribution < -0.4 is 10.3 Å². The molecule has 2 heterocycles. The molecule has 0 radical (unpaired) electrons. The van der Waals surface area contributed by atoms with Crippen molar-refractivity contribution < 1.29 is 4.74 Å². The topological polar surface area (TPSA) is 96.5 Å². The molecule has 7 nitrogen and oxygen atoms in total. The fraction of sp³-hybridized carbons (Fsp3) is 0.0588. The average molecular weight is 319 g/mol. The Morgan fingerprint density at radius 2 is 1.75 bits per heavy atom. The Hall–Kier alpha value is -3.48. The van der Waals surface area contributed by atoms with Gasteiger partial charge < -0.3 is 9.72 Å². The number of aromatic amines is 2. The minimum Gasteiger partial charge on any atom is -0.497 e. The highest BCUT2D eigenvalue weighted by atomic mass is 16.5. The van der Waals surface area contributed by atoms with Gasteiger partial charge in [0.15, 0.2) is 17.5 Å². The zero-order valence-electron chi connectivity index (χ0n) is 12.8. The van der Waals surface area contributed by atoms with Gasteiger partial charge in [0.2, 0.25) is 0 Å². The van der Waals surface area contributed by atoms with Gasteiger partial charge in [-0.1, -0.05) is 12.1 Å². The Kier molecular flexibility index (Phi) is 3.31. The highest BCUT2D eigenvalue weighted by Crippen LogP contribution is 2.21. The third-order valence-corrected chi connectivity index (χ3v) is 3.67. The predicted octanol–water partition coefficient (Wildman–Crippen LogP) is 2.38. The molecule has 2 N–H and O–H groups in total. The number of benzene rings is 2. The monoisotopic (exact) mass is 319 g/mol. The third kappa shape index (κ3) is 2.41. The molecule has 4 rings (SSSR count). The van der Waals surface area contributed by atoms with Crippen LogP contribution in [0.4, 0.5) is 0 Å². The number of rotatable bonds is 3. The fourth-order valence-electron chi connectivity index (χ4n) is 2.44. The SMILES string of the molecule is COc1ccc(-c2n[nH]c(-c3nc4ccccc4c(=O)[nH]3)n2)cc1. The maximum Gasteiger partial charge on any atom is 0.259 e. The van der Waals surface area contributed by atoms with Crippen LogP contribution in [0.2, 0.25) is 0 Å². The lowest BCUT2D eigenvalue weighted by Crippen LogP contribution is -2.09. The molecule has 0 fully saturated rings. The smallest absolute Gasteiger partial charge is 0.259 e. The predicted molar refractivity (Wildman–Crippen MR) is 89.7 cm³/mol. The van der Waals surface area contributed by atoms with Gasteiger partial charge in [-0.15, -0.1) is 0 Å². The summed E-state index contributed by atoms with van der Waals surface area (Å²) in [5, 5.41) is 7.54. The molecule has 0 spiro atoms. The Labute approximate surface area is 136 Å². The van der Waals surface area contributed by atoms with Crippen LogP contribution in [0.25, 0.3) is 33.9 Å². The molecule has 0 saturated carbocycles. The van der Waals surface area contributed by atoms with Crippen LogP contribution in [-0.4, -0.2) is 32.3 Å². The third-order valence-electron chi connectivity index (χ3n) is 3.67. The van der Waals surface area contributed by atoms with Crippen molar-refractivity contribution in [1.29, 1.82) is 0 Å². The molecule has 7 heteroatoms. The van der Waals surface area contributed by atoms with Crippen molar-refractivity contribution in [1.82, 2.24) is 25.1 Å². The first-order valence-corrected chi connectivity index (χ1v) is 7.31. The van der Waals surface area contributed by atoms with Crippen molar-refractivity contribution in [2.45, 2.75) is 0 Å². The van der Waals surface area contributed by atoms with Gasteiger partial charge in [0, 0.05) is 5.56 Å². The molecule has 0 aliphatic heterocycles. The first-order chi connectivity index (χ1) is 11.7. The highest BCUT2D eigenvalue weighted by Gasteiger charge is 2.11. The quantitative estimate of drug-likeness (QED) is 0.604. The summed E-state index contributed by atoms with van der Waals surface area (Å²) < 4.78 is 5.14. The summed E-state index contributed by atoms with van der Waals surface area (Å²) in [4.78, 5) is 23.7. The van der Waals surface area contributed by atoms with Gasteiger partial charge in [-0.2, -0.15) is 5.10 Å². The molecule has 0 amide bonds. The molecule has 0 aliphatic carbocycles. The van der Waals surface area contributed by atoms with Crippen LogP contribution in [0.5, 0.6) is 5.75 Å². The van der Waals surface area contributed by atoms with Gasteiger partial charge in [0.1, 0.15) is 5.75 Å². The molecule has 24 heavy (non-hydrogen) atoms. The number of hydrogen-bond acceptors (Lipinski definition) is 5. The van der Waals surface area contributed by atoms with Crippen LogP contribution in [0, 0.1) is 0 Å². The molecule has 4 aromatic rings. The van der Waals surface area contributed by atoms with E-state index < -0.39 is 0 Å². The van der Waals surface area contributed by atoms with Crippen molar-refractivity contribution >= 4 is 10.9 Å². The van der Waals surface area contributed by atoms with Crippen LogP contribution >= 0.6 is 0 Å². The molecule has 2 aromatic carbocycles. The van der Waals surface area contributed by atoms with E-state index in [9.17, 15) is 4.79 Å². The number of nitrogens with zero attached hydrogens (tertiary/aromatic N) is 3. The van der Waals surface area contributed by atoms with Gasteiger partial charge in [0.05, 0.1) is 18.0 Å². The number of nitrogens with one attached hydrogen (secondary N) is 2. The van der Waals surface area contributed by atoms with E-state index in [1.54, 1.807) is 25.3 Å². The molecule has 0 saturated heterocycles. The lowest BCUT2D eigenvalue weighted by atomic mass is 10.2. The van der Waals surface area contributed by atoms with E-state index in [4.69, 9.17) is 4.74 Å². The molecule has 0 aliphatic rings. The number of ether oxygens (including phenoxy) is 1. The molecule has 2 aromatic heterocycles. The maximum absolute atomic E-state index is 12.1. The van der Waals surface area contributed by atoms with Crippen LogP contribution in [-0.2, 0) is 0 Å². The Morgan fingerprint density at radius 3 is 2.54 bits per heavy atom. The van der Waals surface area contributed by atoms with Gasteiger partial charge in [-0.3, -0.25) is 9.89 Å². The van der Waals surface area contributed by atoms with Gasteiger partial charge >= 0.3 is 0 Å². The lowest BCUT2D eigenvalue weighted by molar-refractivity contribution is 0.415.